The Balaban J connectivity index is 1.72. The molecular formula is C18H24N4O2. The summed E-state index contributed by atoms with van der Waals surface area (Å²) >= 11 is 0. The van der Waals surface area contributed by atoms with Crippen LogP contribution in [0.5, 0.6) is 0 Å². The Bertz CT molecular complexity index is 711. The van der Waals surface area contributed by atoms with Gasteiger partial charge in [0, 0.05) is 30.3 Å². The summed E-state index contributed by atoms with van der Waals surface area (Å²) in [5.41, 5.74) is 1.87. The van der Waals surface area contributed by atoms with Crippen molar-refractivity contribution in [3.8, 4) is 0 Å². The Morgan fingerprint density at radius 1 is 1.25 bits per heavy atom. The summed E-state index contributed by atoms with van der Waals surface area (Å²) in [5.74, 6) is 1.72. The molecule has 1 fully saturated rings. The van der Waals surface area contributed by atoms with E-state index in [0.717, 1.165) is 30.8 Å². The molecule has 0 aliphatic carbocycles. The van der Waals surface area contributed by atoms with Crippen LogP contribution in [0.25, 0.3) is 0 Å². The van der Waals surface area contributed by atoms with Crippen LogP contribution >= 0.6 is 0 Å². The number of hydrogen-bond acceptors (Lipinski definition) is 5. The van der Waals surface area contributed by atoms with Crippen LogP contribution < -0.4 is 10.2 Å². The van der Waals surface area contributed by atoms with Gasteiger partial charge in [0.25, 0.3) is 0 Å². The highest BCUT2D eigenvalue weighted by Gasteiger charge is 2.20. The van der Waals surface area contributed by atoms with E-state index >= 15 is 0 Å². The van der Waals surface area contributed by atoms with E-state index in [1.54, 1.807) is 0 Å². The van der Waals surface area contributed by atoms with Crippen LogP contribution in [0.2, 0.25) is 0 Å². The minimum absolute atomic E-state index is 0.0997. The number of anilines is 2. The van der Waals surface area contributed by atoms with Gasteiger partial charge in [0.05, 0.1) is 0 Å². The molecule has 6 heteroatoms. The number of rotatable bonds is 5. The van der Waals surface area contributed by atoms with Crippen molar-refractivity contribution in [2.75, 3.05) is 16.8 Å². The lowest BCUT2D eigenvalue weighted by atomic mass is 10.1. The second kappa shape index (κ2) is 7.03. The molecule has 2 heterocycles. The third kappa shape index (κ3) is 3.58. The van der Waals surface area contributed by atoms with Crippen LogP contribution in [0.4, 0.5) is 11.4 Å². The zero-order chi connectivity index (χ0) is 17.1. The second-order valence-corrected chi connectivity index (χ2v) is 6.56. The fourth-order valence-corrected chi connectivity index (χ4v) is 2.81. The van der Waals surface area contributed by atoms with Crippen molar-refractivity contribution in [3.05, 3.63) is 36.0 Å². The molecule has 1 amide bonds. The summed E-state index contributed by atoms with van der Waals surface area (Å²) in [5, 5.41) is 7.37. The van der Waals surface area contributed by atoms with Crippen LogP contribution in [0.15, 0.2) is 28.8 Å². The summed E-state index contributed by atoms with van der Waals surface area (Å²) in [6.07, 6.45) is 2.67. The summed E-state index contributed by atoms with van der Waals surface area (Å²) in [7, 11) is 0. The Morgan fingerprint density at radius 2 is 2.08 bits per heavy atom. The summed E-state index contributed by atoms with van der Waals surface area (Å²) in [6.45, 7) is 6.84. The van der Waals surface area contributed by atoms with E-state index in [1.165, 1.54) is 0 Å². The van der Waals surface area contributed by atoms with Crippen molar-refractivity contribution >= 4 is 17.3 Å². The monoisotopic (exact) mass is 328 g/mol. The topological polar surface area (TPSA) is 71.3 Å². The Morgan fingerprint density at radius 3 is 2.79 bits per heavy atom. The van der Waals surface area contributed by atoms with Crippen molar-refractivity contribution in [1.29, 1.82) is 0 Å². The number of piperidine rings is 1. The normalized spacial score (nSPS) is 16.5. The van der Waals surface area contributed by atoms with Gasteiger partial charge < -0.3 is 14.7 Å². The molecule has 6 nitrogen and oxygen atoms in total. The van der Waals surface area contributed by atoms with Crippen molar-refractivity contribution < 1.29 is 9.32 Å². The fraction of sp³-hybridized carbons (Fsp3) is 0.500. The highest BCUT2D eigenvalue weighted by molar-refractivity contribution is 5.94. The highest BCUT2D eigenvalue weighted by Crippen LogP contribution is 2.26. The zero-order valence-corrected chi connectivity index (χ0v) is 14.5. The van der Waals surface area contributed by atoms with Gasteiger partial charge in [-0.15, -0.1) is 0 Å². The number of carbonyl (C=O) groups excluding carboxylic acids is 1. The molecule has 0 bridgehead atoms. The lowest BCUT2D eigenvalue weighted by Crippen LogP contribution is -2.35. The van der Waals surface area contributed by atoms with Crippen molar-refractivity contribution in [1.82, 2.24) is 10.1 Å². The van der Waals surface area contributed by atoms with Gasteiger partial charge in [0.15, 0.2) is 5.82 Å². The van der Waals surface area contributed by atoms with Crippen LogP contribution in [0.1, 0.15) is 63.7 Å². The van der Waals surface area contributed by atoms with Gasteiger partial charge in [0.1, 0.15) is 6.04 Å². The van der Waals surface area contributed by atoms with E-state index in [1.807, 2.05) is 49.9 Å². The van der Waals surface area contributed by atoms with E-state index < -0.39 is 0 Å². The van der Waals surface area contributed by atoms with Gasteiger partial charge in [-0.3, -0.25) is 4.79 Å². The maximum atomic E-state index is 12.1. The lowest BCUT2D eigenvalue weighted by Gasteiger charge is -2.27. The third-order valence-electron chi connectivity index (χ3n) is 4.21. The minimum atomic E-state index is -0.0997. The van der Waals surface area contributed by atoms with E-state index in [4.69, 9.17) is 4.52 Å². The minimum Gasteiger partial charge on any atom is -0.374 e. The molecule has 1 aromatic carbocycles. The number of nitrogens with zero attached hydrogens (tertiary/aromatic N) is 3. The first-order chi connectivity index (χ1) is 11.5. The quantitative estimate of drug-likeness (QED) is 0.902. The molecule has 0 saturated carbocycles. The molecule has 24 heavy (non-hydrogen) atoms. The van der Waals surface area contributed by atoms with Gasteiger partial charge in [-0.1, -0.05) is 25.1 Å². The predicted molar refractivity (Wildman–Crippen MR) is 93.1 cm³/mol. The third-order valence-corrected chi connectivity index (χ3v) is 4.21. The summed E-state index contributed by atoms with van der Waals surface area (Å²) in [4.78, 5) is 18.4. The van der Waals surface area contributed by atoms with E-state index in [0.29, 0.717) is 18.1 Å². The van der Waals surface area contributed by atoms with E-state index in [-0.39, 0.29) is 17.9 Å². The van der Waals surface area contributed by atoms with Crippen LogP contribution in [0.3, 0.4) is 0 Å². The Kier molecular flexibility index (Phi) is 4.83. The zero-order valence-electron chi connectivity index (χ0n) is 14.5. The van der Waals surface area contributed by atoms with E-state index in [9.17, 15) is 4.79 Å². The Hall–Kier alpha value is -2.37. The van der Waals surface area contributed by atoms with Gasteiger partial charge in [-0.05, 0) is 38.0 Å². The molecular weight excluding hydrogens is 304 g/mol. The standard InChI is InChI=1S/C18H24N4O2/c1-12(2)17-20-18(24-21-17)13(3)19-14-7-6-8-15(11-14)22-10-5-4-9-16(22)23/h6-8,11-13,19H,4-5,9-10H2,1-3H3/t13-/m0/s1. The molecule has 1 saturated heterocycles. The molecule has 1 aliphatic heterocycles. The molecule has 3 rings (SSSR count). The fourth-order valence-electron chi connectivity index (χ4n) is 2.81. The average Bonchev–Trinajstić information content (AvgIpc) is 3.06. The van der Waals surface area contributed by atoms with Gasteiger partial charge in [-0.2, -0.15) is 4.98 Å². The smallest absolute Gasteiger partial charge is 0.248 e. The van der Waals surface area contributed by atoms with Gasteiger partial charge in [0.2, 0.25) is 11.8 Å². The maximum Gasteiger partial charge on any atom is 0.248 e. The number of aromatic nitrogens is 2. The van der Waals surface area contributed by atoms with E-state index in [2.05, 4.69) is 15.5 Å². The number of nitrogens with one attached hydrogen (secondary N) is 1. The second-order valence-electron chi connectivity index (χ2n) is 6.56. The molecule has 0 spiro atoms. The number of benzene rings is 1. The largest absolute Gasteiger partial charge is 0.374 e. The number of amides is 1. The Labute approximate surface area is 142 Å². The SMILES string of the molecule is CC(C)c1noc([C@H](C)Nc2cccc(N3CCCCC3=O)c2)n1. The van der Waals surface area contributed by atoms with Crippen molar-refractivity contribution in [3.63, 3.8) is 0 Å². The predicted octanol–water partition coefficient (Wildman–Crippen LogP) is 3.88. The molecule has 1 aromatic heterocycles. The first kappa shape index (κ1) is 16.5. The summed E-state index contributed by atoms with van der Waals surface area (Å²) < 4.78 is 5.34. The maximum absolute atomic E-state index is 12.1. The van der Waals surface area contributed by atoms with Crippen molar-refractivity contribution in [2.24, 2.45) is 0 Å². The van der Waals surface area contributed by atoms with Gasteiger partial charge in [-0.25, -0.2) is 0 Å². The number of carbonyl (C=O) groups is 1. The molecule has 1 aliphatic rings. The highest BCUT2D eigenvalue weighted by atomic mass is 16.5. The average molecular weight is 328 g/mol. The molecule has 2 aromatic rings. The molecule has 128 valence electrons. The van der Waals surface area contributed by atoms with Gasteiger partial charge >= 0.3 is 0 Å². The molecule has 0 unspecified atom stereocenters. The summed E-state index contributed by atoms with van der Waals surface area (Å²) in [6, 6.07) is 7.81. The van der Waals surface area contributed by atoms with Crippen LogP contribution in [0, 0.1) is 0 Å². The first-order valence-electron chi connectivity index (χ1n) is 8.55. The first-order valence-corrected chi connectivity index (χ1v) is 8.55. The van der Waals surface area contributed by atoms with Crippen LogP contribution in [-0.4, -0.2) is 22.6 Å². The molecule has 1 N–H and O–H groups in total. The molecule has 1 atom stereocenters. The lowest BCUT2D eigenvalue weighted by molar-refractivity contribution is -0.119. The number of hydrogen-bond donors (Lipinski definition) is 1. The van der Waals surface area contributed by atoms with Crippen molar-refractivity contribution in [2.45, 2.75) is 52.0 Å². The van der Waals surface area contributed by atoms with Crippen LogP contribution in [-0.2, 0) is 4.79 Å². The molecule has 0 radical (unpaired) electrons.